The summed E-state index contributed by atoms with van der Waals surface area (Å²) in [5, 5.41) is 9.51. The number of fused-ring (bicyclic) bond motifs is 2. The van der Waals surface area contributed by atoms with Gasteiger partial charge in [0, 0.05) is 23.2 Å². The van der Waals surface area contributed by atoms with Crippen molar-refractivity contribution in [1.29, 1.82) is 0 Å². The SMILES string of the molecule is OCC1Cc2cccnc2Oc2ccccc21. The first-order valence-electron chi connectivity index (χ1n) is 5.70. The van der Waals surface area contributed by atoms with Gasteiger partial charge in [-0.2, -0.15) is 0 Å². The van der Waals surface area contributed by atoms with Crippen molar-refractivity contribution in [2.45, 2.75) is 12.3 Å². The van der Waals surface area contributed by atoms with E-state index in [2.05, 4.69) is 4.98 Å². The lowest BCUT2D eigenvalue weighted by atomic mass is 9.93. The van der Waals surface area contributed by atoms with Gasteiger partial charge in [-0.25, -0.2) is 4.98 Å². The van der Waals surface area contributed by atoms with Gasteiger partial charge in [-0.3, -0.25) is 0 Å². The number of aromatic nitrogens is 1. The van der Waals surface area contributed by atoms with Gasteiger partial charge in [-0.15, -0.1) is 0 Å². The fraction of sp³-hybridized carbons (Fsp3) is 0.214. The second kappa shape index (κ2) is 4.18. The minimum atomic E-state index is 0.0802. The first-order valence-corrected chi connectivity index (χ1v) is 5.70. The molecule has 1 atom stereocenters. The van der Waals surface area contributed by atoms with Crippen molar-refractivity contribution in [1.82, 2.24) is 4.98 Å². The molecule has 1 aliphatic rings. The first-order chi connectivity index (χ1) is 8.38. The molecule has 2 heterocycles. The minimum absolute atomic E-state index is 0.0802. The molecule has 0 bridgehead atoms. The topological polar surface area (TPSA) is 42.4 Å². The van der Waals surface area contributed by atoms with Crippen molar-refractivity contribution in [2.24, 2.45) is 0 Å². The normalized spacial score (nSPS) is 17.6. The van der Waals surface area contributed by atoms with Crippen LogP contribution in [0.4, 0.5) is 0 Å². The van der Waals surface area contributed by atoms with Crippen LogP contribution in [0.25, 0.3) is 0 Å². The number of benzene rings is 1. The maximum absolute atomic E-state index is 9.51. The fourth-order valence-corrected chi connectivity index (χ4v) is 2.22. The van der Waals surface area contributed by atoms with Gasteiger partial charge in [0.25, 0.3) is 0 Å². The number of rotatable bonds is 1. The van der Waals surface area contributed by atoms with Crippen LogP contribution in [-0.2, 0) is 6.42 Å². The Morgan fingerprint density at radius 1 is 1.24 bits per heavy atom. The van der Waals surface area contributed by atoms with E-state index >= 15 is 0 Å². The van der Waals surface area contributed by atoms with Gasteiger partial charge in [-0.1, -0.05) is 24.3 Å². The number of hydrogen-bond donors (Lipinski definition) is 1. The van der Waals surface area contributed by atoms with Crippen molar-refractivity contribution >= 4 is 0 Å². The molecule has 3 rings (SSSR count). The Labute approximate surface area is 99.7 Å². The van der Waals surface area contributed by atoms with Crippen LogP contribution in [0.2, 0.25) is 0 Å². The fourth-order valence-electron chi connectivity index (χ4n) is 2.22. The van der Waals surface area contributed by atoms with Gasteiger partial charge in [0.2, 0.25) is 5.88 Å². The molecule has 1 aromatic carbocycles. The standard InChI is InChI=1S/C14H13NO2/c16-9-11-8-10-4-3-7-15-14(10)17-13-6-2-1-5-12(11)13/h1-7,11,16H,8-9H2. The second-order valence-corrected chi connectivity index (χ2v) is 4.19. The quantitative estimate of drug-likeness (QED) is 0.814. The Morgan fingerprint density at radius 2 is 2.12 bits per heavy atom. The lowest BCUT2D eigenvalue weighted by molar-refractivity contribution is 0.264. The molecule has 0 aliphatic carbocycles. The summed E-state index contributed by atoms with van der Waals surface area (Å²) in [4.78, 5) is 4.24. The molecule has 3 heteroatoms. The van der Waals surface area contributed by atoms with Gasteiger partial charge < -0.3 is 9.84 Å². The molecule has 86 valence electrons. The van der Waals surface area contributed by atoms with Crippen LogP contribution in [0.5, 0.6) is 11.6 Å². The third kappa shape index (κ3) is 1.78. The van der Waals surface area contributed by atoms with Gasteiger partial charge in [0.05, 0.1) is 6.61 Å². The molecule has 0 saturated heterocycles. The Balaban J connectivity index is 2.13. The van der Waals surface area contributed by atoms with E-state index in [1.54, 1.807) is 6.20 Å². The van der Waals surface area contributed by atoms with Crippen LogP contribution in [0.1, 0.15) is 17.0 Å². The van der Waals surface area contributed by atoms with Crippen LogP contribution < -0.4 is 4.74 Å². The summed E-state index contributed by atoms with van der Waals surface area (Å²) < 4.78 is 5.81. The monoisotopic (exact) mass is 227 g/mol. The highest BCUT2D eigenvalue weighted by Gasteiger charge is 2.22. The largest absolute Gasteiger partial charge is 0.438 e. The molecule has 1 unspecified atom stereocenters. The molecule has 0 radical (unpaired) electrons. The van der Waals surface area contributed by atoms with Crippen molar-refractivity contribution in [2.75, 3.05) is 6.61 Å². The molecular weight excluding hydrogens is 214 g/mol. The zero-order valence-corrected chi connectivity index (χ0v) is 9.34. The number of pyridine rings is 1. The van der Waals surface area contributed by atoms with Crippen LogP contribution in [0, 0.1) is 0 Å². The molecular formula is C14H13NO2. The molecule has 2 aromatic rings. The van der Waals surface area contributed by atoms with E-state index in [1.807, 2.05) is 36.4 Å². The smallest absolute Gasteiger partial charge is 0.222 e. The Kier molecular flexibility index (Phi) is 2.53. The van der Waals surface area contributed by atoms with Crippen LogP contribution in [0.15, 0.2) is 42.6 Å². The highest BCUT2D eigenvalue weighted by Crippen LogP contribution is 2.37. The summed E-state index contributed by atoms with van der Waals surface area (Å²) in [5.74, 6) is 1.52. The summed E-state index contributed by atoms with van der Waals surface area (Å²) >= 11 is 0. The average Bonchev–Trinajstić information content (AvgIpc) is 2.54. The maximum atomic E-state index is 9.51. The van der Waals surface area contributed by atoms with Gasteiger partial charge in [-0.05, 0) is 18.6 Å². The number of aliphatic hydroxyl groups is 1. The molecule has 0 spiro atoms. The predicted octanol–water partition coefficient (Wildman–Crippen LogP) is 2.51. The van der Waals surface area contributed by atoms with Crippen molar-refractivity contribution < 1.29 is 9.84 Å². The zero-order valence-electron chi connectivity index (χ0n) is 9.34. The van der Waals surface area contributed by atoms with E-state index < -0.39 is 0 Å². The Hall–Kier alpha value is -1.87. The summed E-state index contributed by atoms with van der Waals surface area (Å²) in [7, 11) is 0. The Morgan fingerprint density at radius 3 is 3.00 bits per heavy atom. The van der Waals surface area contributed by atoms with Crippen LogP contribution in [-0.4, -0.2) is 16.7 Å². The summed E-state index contributed by atoms with van der Waals surface area (Å²) in [6, 6.07) is 11.7. The number of aliphatic hydroxyl groups excluding tert-OH is 1. The summed E-state index contributed by atoms with van der Waals surface area (Å²) in [6.07, 6.45) is 2.48. The average molecular weight is 227 g/mol. The third-order valence-electron chi connectivity index (χ3n) is 3.10. The second-order valence-electron chi connectivity index (χ2n) is 4.19. The van der Waals surface area contributed by atoms with E-state index in [-0.39, 0.29) is 12.5 Å². The van der Waals surface area contributed by atoms with Crippen LogP contribution >= 0.6 is 0 Å². The predicted molar refractivity (Wildman–Crippen MR) is 64.3 cm³/mol. The van der Waals surface area contributed by atoms with Gasteiger partial charge >= 0.3 is 0 Å². The zero-order chi connectivity index (χ0) is 11.7. The number of ether oxygens (including phenoxy) is 1. The molecule has 0 fully saturated rings. The molecule has 3 nitrogen and oxygen atoms in total. The van der Waals surface area contributed by atoms with Crippen LogP contribution in [0.3, 0.4) is 0 Å². The minimum Gasteiger partial charge on any atom is -0.438 e. The highest BCUT2D eigenvalue weighted by molar-refractivity contribution is 5.44. The van der Waals surface area contributed by atoms with E-state index in [4.69, 9.17) is 4.74 Å². The molecule has 1 aromatic heterocycles. The van der Waals surface area contributed by atoms with Crippen molar-refractivity contribution in [3.8, 4) is 11.6 Å². The van der Waals surface area contributed by atoms with E-state index in [1.165, 1.54) is 0 Å². The number of nitrogens with zero attached hydrogens (tertiary/aromatic N) is 1. The van der Waals surface area contributed by atoms with E-state index in [0.29, 0.717) is 5.88 Å². The summed E-state index contributed by atoms with van der Waals surface area (Å²) in [6.45, 7) is 0.120. The van der Waals surface area contributed by atoms with Gasteiger partial charge in [0.15, 0.2) is 0 Å². The van der Waals surface area contributed by atoms with Crippen molar-refractivity contribution in [3.63, 3.8) is 0 Å². The van der Waals surface area contributed by atoms with E-state index in [9.17, 15) is 5.11 Å². The number of para-hydroxylation sites is 1. The van der Waals surface area contributed by atoms with Gasteiger partial charge in [0.1, 0.15) is 5.75 Å². The molecule has 1 N–H and O–H groups in total. The highest BCUT2D eigenvalue weighted by atomic mass is 16.5. The van der Waals surface area contributed by atoms with E-state index in [0.717, 1.165) is 23.3 Å². The Bertz CT molecular complexity index is 539. The molecule has 0 saturated carbocycles. The first kappa shape index (κ1) is 10.3. The van der Waals surface area contributed by atoms with Crippen molar-refractivity contribution in [3.05, 3.63) is 53.7 Å². The number of hydrogen-bond acceptors (Lipinski definition) is 3. The molecule has 0 amide bonds. The third-order valence-corrected chi connectivity index (χ3v) is 3.10. The molecule has 17 heavy (non-hydrogen) atoms. The lowest BCUT2D eigenvalue weighted by Gasteiger charge is -2.12. The summed E-state index contributed by atoms with van der Waals surface area (Å²) in [5.41, 5.74) is 2.09. The molecule has 1 aliphatic heterocycles. The maximum Gasteiger partial charge on any atom is 0.222 e. The lowest BCUT2D eigenvalue weighted by Crippen LogP contribution is -2.06.